The van der Waals surface area contributed by atoms with Crippen molar-refractivity contribution in [3.63, 3.8) is 0 Å². The Hall–Kier alpha value is -3.32. The third-order valence-corrected chi connectivity index (χ3v) is 8.57. The van der Waals surface area contributed by atoms with Crippen LogP contribution in [0.1, 0.15) is 31.2 Å². The molecule has 1 aliphatic carbocycles. The molecular weight excluding hydrogens is 541 g/mol. The lowest BCUT2D eigenvalue weighted by molar-refractivity contribution is -0.137. The minimum atomic E-state index is -4.60. The van der Waals surface area contributed by atoms with Crippen LogP contribution in [0.25, 0.3) is 10.2 Å². The third-order valence-electron chi connectivity index (χ3n) is 6.20. The number of thiazole rings is 1. The zero-order valence-corrected chi connectivity index (χ0v) is 21.7. The molecule has 1 aromatic heterocycles. The summed E-state index contributed by atoms with van der Waals surface area (Å²) in [5.74, 6) is 0.513. The van der Waals surface area contributed by atoms with Gasteiger partial charge >= 0.3 is 18.3 Å². The van der Waals surface area contributed by atoms with Crippen LogP contribution < -0.4 is 15.5 Å². The van der Waals surface area contributed by atoms with Gasteiger partial charge in [-0.15, -0.1) is 11.3 Å². The normalized spacial score (nSPS) is 17.7. The third kappa shape index (κ3) is 6.95. The molecule has 0 bridgehead atoms. The maximum Gasteiger partial charge on any atom is 0.420 e. The van der Waals surface area contributed by atoms with Gasteiger partial charge in [-0.3, -0.25) is 4.79 Å². The fourth-order valence-electron chi connectivity index (χ4n) is 4.30. The molecule has 202 valence electrons. The Morgan fingerprint density at radius 1 is 1.08 bits per heavy atom. The highest BCUT2D eigenvalue weighted by Gasteiger charge is 2.32. The van der Waals surface area contributed by atoms with Crippen LogP contribution in [0.15, 0.2) is 52.9 Å². The predicted octanol–water partition coefficient (Wildman–Crippen LogP) is 5.98. The van der Waals surface area contributed by atoms with Crippen LogP contribution in [0.2, 0.25) is 0 Å². The van der Waals surface area contributed by atoms with Crippen molar-refractivity contribution in [2.75, 3.05) is 17.2 Å². The van der Waals surface area contributed by atoms with E-state index in [2.05, 4.69) is 15.6 Å². The van der Waals surface area contributed by atoms with Crippen LogP contribution in [0.4, 0.5) is 28.4 Å². The summed E-state index contributed by atoms with van der Waals surface area (Å²) in [7, 11) is 0. The summed E-state index contributed by atoms with van der Waals surface area (Å²) < 4.78 is 40.4. The Labute approximate surface area is 224 Å². The highest BCUT2D eigenvalue weighted by Crippen LogP contribution is 2.34. The van der Waals surface area contributed by atoms with Crippen molar-refractivity contribution in [2.45, 2.75) is 42.2 Å². The number of hydrogen-bond donors (Lipinski definition) is 3. The van der Waals surface area contributed by atoms with E-state index in [1.165, 1.54) is 0 Å². The number of carbonyl (C=O) groups excluding carboxylic acids is 2. The summed E-state index contributed by atoms with van der Waals surface area (Å²) >= 11 is 3.28. The molecule has 1 aliphatic rings. The Balaban J connectivity index is 1.31. The van der Waals surface area contributed by atoms with E-state index in [1.807, 2.05) is 24.3 Å². The molecule has 13 heteroatoms. The standard InChI is InChI=1S/C25H25F3N4O4S2/c26-25(27,28)16-9-11-17(12-10-16)32(24(35)36)22(34)29-13-21(33)30-18-6-2-1-5-15(18)14-37-23-31-19-7-3-4-8-20(19)38-23/h3-4,7-12,15,18H,1-2,5-6,13-14H2,(H,29,34)(H,30,33)(H,35,36)/t15-,18-/m0/s1. The Morgan fingerprint density at radius 3 is 2.47 bits per heavy atom. The number of imide groups is 1. The molecule has 38 heavy (non-hydrogen) atoms. The van der Waals surface area contributed by atoms with E-state index in [-0.39, 0.29) is 22.5 Å². The van der Waals surface area contributed by atoms with Crippen molar-refractivity contribution >= 4 is 57.0 Å². The Bertz CT molecular complexity index is 1270. The second-order valence-electron chi connectivity index (χ2n) is 8.80. The fraction of sp³-hybridized carbons (Fsp3) is 0.360. The number of urea groups is 1. The van der Waals surface area contributed by atoms with Gasteiger partial charge in [0.15, 0.2) is 4.34 Å². The summed E-state index contributed by atoms with van der Waals surface area (Å²) in [6, 6.07) is 9.80. The van der Waals surface area contributed by atoms with Gasteiger partial charge < -0.3 is 15.7 Å². The van der Waals surface area contributed by atoms with Gasteiger partial charge in [-0.1, -0.05) is 36.7 Å². The number of fused-ring (bicyclic) bond motifs is 1. The Kier molecular flexibility index (Phi) is 8.77. The van der Waals surface area contributed by atoms with E-state index in [0.717, 1.165) is 58.1 Å². The summed E-state index contributed by atoms with van der Waals surface area (Å²) in [6.07, 6.45) is -2.55. The molecular formula is C25H25F3N4O4S2. The van der Waals surface area contributed by atoms with E-state index in [0.29, 0.717) is 12.1 Å². The molecule has 8 nitrogen and oxygen atoms in total. The van der Waals surface area contributed by atoms with Gasteiger partial charge in [0, 0.05) is 11.8 Å². The number of amides is 4. The monoisotopic (exact) mass is 566 g/mol. The Morgan fingerprint density at radius 2 is 1.79 bits per heavy atom. The van der Waals surface area contributed by atoms with Gasteiger partial charge in [0.2, 0.25) is 5.91 Å². The molecule has 0 radical (unpaired) electrons. The number of carbonyl (C=O) groups is 3. The maximum absolute atomic E-state index is 12.8. The number of nitrogens with one attached hydrogen (secondary N) is 2. The van der Waals surface area contributed by atoms with Crippen molar-refractivity contribution < 1.29 is 32.7 Å². The van der Waals surface area contributed by atoms with E-state index in [4.69, 9.17) is 0 Å². The first kappa shape index (κ1) is 27.7. The highest BCUT2D eigenvalue weighted by atomic mass is 32.2. The van der Waals surface area contributed by atoms with Gasteiger partial charge in [-0.25, -0.2) is 14.6 Å². The number of aromatic nitrogens is 1. The minimum Gasteiger partial charge on any atom is -0.464 e. The molecule has 0 saturated heterocycles. The van der Waals surface area contributed by atoms with Crippen molar-refractivity contribution in [1.82, 2.24) is 15.6 Å². The zero-order chi connectivity index (χ0) is 27.3. The van der Waals surface area contributed by atoms with Crippen molar-refractivity contribution in [1.29, 1.82) is 0 Å². The molecule has 0 unspecified atom stereocenters. The second kappa shape index (κ2) is 12.0. The number of halogens is 3. The van der Waals surface area contributed by atoms with E-state index in [1.54, 1.807) is 23.1 Å². The molecule has 2 atom stereocenters. The van der Waals surface area contributed by atoms with Crippen LogP contribution in [-0.2, 0) is 11.0 Å². The van der Waals surface area contributed by atoms with Crippen LogP contribution >= 0.6 is 23.1 Å². The van der Waals surface area contributed by atoms with Crippen LogP contribution in [0.3, 0.4) is 0 Å². The van der Waals surface area contributed by atoms with Gasteiger partial charge in [-0.05, 0) is 55.2 Å². The summed E-state index contributed by atoms with van der Waals surface area (Å²) in [5.41, 5.74) is -0.298. The van der Waals surface area contributed by atoms with Crippen LogP contribution in [0, 0.1) is 5.92 Å². The average Bonchev–Trinajstić information content (AvgIpc) is 3.30. The smallest absolute Gasteiger partial charge is 0.420 e. The molecule has 1 saturated carbocycles. The molecule has 0 spiro atoms. The number of alkyl halides is 3. The summed E-state index contributed by atoms with van der Waals surface area (Å²) in [5, 5.41) is 14.6. The van der Waals surface area contributed by atoms with E-state index in [9.17, 15) is 32.7 Å². The number of carboxylic acid groups (broad SMARTS) is 1. The fourth-order valence-corrected chi connectivity index (χ4v) is 6.62. The van der Waals surface area contributed by atoms with Gasteiger partial charge in [0.05, 0.1) is 28.0 Å². The van der Waals surface area contributed by atoms with Gasteiger partial charge in [0.25, 0.3) is 0 Å². The van der Waals surface area contributed by atoms with E-state index >= 15 is 0 Å². The zero-order valence-electron chi connectivity index (χ0n) is 20.0. The number of hydrogen-bond acceptors (Lipinski definition) is 6. The summed E-state index contributed by atoms with van der Waals surface area (Å²) in [6.45, 7) is -0.475. The second-order valence-corrected chi connectivity index (χ2v) is 11.1. The first-order valence-electron chi connectivity index (χ1n) is 11.9. The molecule has 3 N–H and O–H groups in total. The molecule has 4 amide bonds. The lowest BCUT2D eigenvalue weighted by Crippen LogP contribution is -2.50. The molecule has 4 rings (SSSR count). The quantitative estimate of drug-likeness (QED) is 0.304. The summed E-state index contributed by atoms with van der Waals surface area (Å²) in [4.78, 5) is 41.6. The largest absolute Gasteiger partial charge is 0.464 e. The average molecular weight is 567 g/mol. The predicted molar refractivity (Wildman–Crippen MR) is 140 cm³/mol. The van der Waals surface area contributed by atoms with Crippen LogP contribution in [-0.4, -0.2) is 46.5 Å². The first-order chi connectivity index (χ1) is 18.1. The number of anilines is 1. The molecule has 1 heterocycles. The lowest BCUT2D eigenvalue weighted by atomic mass is 9.86. The van der Waals surface area contributed by atoms with Crippen molar-refractivity contribution in [3.8, 4) is 0 Å². The molecule has 3 aromatic rings. The van der Waals surface area contributed by atoms with Crippen LogP contribution in [0.5, 0.6) is 0 Å². The first-order valence-corrected chi connectivity index (χ1v) is 13.7. The number of benzene rings is 2. The maximum atomic E-state index is 12.8. The van der Waals surface area contributed by atoms with Gasteiger partial charge in [-0.2, -0.15) is 18.1 Å². The van der Waals surface area contributed by atoms with Gasteiger partial charge in [0.1, 0.15) is 0 Å². The molecule has 0 aliphatic heterocycles. The van der Waals surface area contributed by atoms with Crippen molar-refractivity contribution in [2.24, 2.45) is 5.92 Å². The number of thioether (sulfide) groups is 1. The number of rotatable bonds is 7. The molecule has 1 fully saturated rings. The van der Waals surface area contributed by atoms with E-state index < -0.39 is 36.3 Å². The topological polar surface area (TPSA) is 112 Å². The SMILES string of the molecule is O=C(CNC(=O)N(C(=O)O)c1ccc(C(F)(F)F)cc1)N[C@H]1CCCC[C@H]1CSc1nc2ccccc2s1. The number of para-hydroxylation sites is 1. The molecule has 2 aromatic carbocycles. The minimum absolute atomic E-state index is 0.0967. The lowest BCUT2D eigenvalue weighted by Gasteiger charge is -2.32. The number of nitrogens with zero attached hydrogens (tertiary/aromatic N) is 2. The highest BCUT2D eigenvalue weighted by molar-refractivity contribution is 8.01. The van der Waals surface area contributed by atoms with Crippen molar-refractivity contribution in [3.05, 3.63) is 54.1 Å².